The van der Waals surface area contributed by atoms with Crippen LogP contribution in [0.3, 0.4) is 0 Å². The van der Waals surface area contributed by atoms with Crippen molar-refractivity contribution in [2.75, 3.05) is 41.3 Å². The van der Waals surface area contributed by atoms with Crippen LogP contribution >= 0.6 is 0 Å². The lowest BCUT2D eigenvalue weighted by Gasteiger charge is -2.36. The van der Waals surface area contributed by atoms with Gasteiger partial charge in [-0.1, -0.05) is 30.3 Å². The predicted molar refractivity (Wildman–Crippen MR) is 117 cm³/mol. The van der Waals surface area contributed by atoms with E-state index in [1.54, 1.807) is 0 Å². The van der Waals surface area contributed by atoms with Gasteiger partial charge in [0.2, 0.25) is 0 Å². The van der Waals surface area contributed by atoms with Crippen molar-refractivity contribution < 1.29 is 0 Å². The quantitative estimate of drug-likeness (QED) is 0.731. The van der Waals surface area contributed by atoms with E-state index in [2.05, 4.69) is 88.5 Å². The zero-order valence-electron chi connectivity index (χ0n) is 16.8. The molecule has 5 heteroatoms. The monoisotopic (exact) mass is 373 g/mol. The van der Waals surface area contributed by atoms with Crippen LogP contribution in [0.15, 0.2) is 54.6 Å². The van der Waals surface area contributed by atoms with Gasteiger partial charge in [0, 0.05) is 43.6 Å². The van der Waals surface area contributed by atoms with Crippen molar-refractivity contribution in [3.63, 3.8) is 0 Å². The van der Waals surface area contributed by atoms with E-state index in [0.29, 0.717) is 0 Å². The molecule has 2 aromatic carbocycles. The van der Waals surface area contributed by atoms with Crippen molar-refractivity contribution >= 4 is 23.0 Å². The fourth-order valence-electron chi connectivity index (χ4n) is 3.62. The van der Waals surface area contributed by atoms with Crippen LogP contribution in [0.25, 0.3) is 0 Å². The van der Waals surface area contributed by atoms with Gasteiger partial charge >= 0.3 is 0 Å². The van der Waals surface area contributed by atoms with Crippen LogP contribution in [-0.4, -0.2) is 36.1 Å². The molecule has 1 saturated heterocycles. The average molecular weight is 374 g/mol. The van der Waals surface area contributed by atoms with Crippen LogP contribution in [0.5, 0.6) is 0 Å². The fraction of sp³-hybridized carbons (Fsp3) is 0.304. The minimum Gasteiger partial charge on any atom is -0.368 e. The largest absolute Gasteiger partial charge is 0.368 e. The van der Waals surface area contributed by atoms with Gasteiger partial charge in [0.1, 0.15) is 17.5 Å². The van der Waals surface area contributed by atoms with Gasteiger partial charge in [0.05, 0.1) is 0 Å². The maximum atomic E-state index is 4.69. The summed E-state index contributed by atoms with van der Waals surface area (Å²) < 4.78 is 0. The molecule has 1 aliphatic heterocycles. The molecule has 0 aliphatic carbocycles. The molecule has 0 bridgehead atoms. The summed E-state index contributed by atoms with van der Waals surface area (Å²) in [6, 6.07) is 19.1. The lowest BCUT2D eigenvalue weighted by Crippen LogP contribution is -2.46. The van der Waals surface area contributed by atoms with Crippen LogP contribution in [0.1, 0.15) is 17.0 Å². The van der Waals surface area contributed by atoms with E-state index in [0.717, 1.165) is 49.3 Å². The number of piperazine rings is 1. The van der Waals surface area contributed by atoms with Gasteiger partial charge in [-0.3, -0.25) is 0 Å². The van der Waals surface area contributed by atoms with Gasteiger partial charge in [-0.15, -0.1) is 0 Å². The molecular formula is C23H27N5. The molecule has 5 nitrogen and oxygen atoms in total. The zero-order chi connectivity index (χ0) is 19.5. The van der Waals surface area contributed by atoms with Gasteiger partial charge in [-0.05, 0) is 50.1 Å². The number of nitrogens with zero attached hydrogens (tertiary/aromatic N) is 4. The van der Waals surface area contributed by atoms with Crippen LogP contribution in [0.2, 0.25) is 0 Å². The number of rotatable bonds is 4. The maximum Gasteiger partial charge on any atom is 0.136 e. The Morgan fingerprint density at radius 2 is 1.50 bits per heavy atom. The fourth-order valence-corrected chi connectivity index (χ4v) is 3.62. The molecule has 0 spiro atoms. The van der Waals surface area contributed by atoms with Crippen LogP contribution in [0.4, 0.5) is 23.0 Å². The lowest BCUT2D eigenvalue weighted by molar-refractivity contribution is 0.646. The highest BCUT2D eigenvalue weighted by Crippen LogP contribution is 2.24. The summed E-state index contributed by atoms with van der Waals surface area (Å²) in [5.74, 6) is 2.63. The molecule has 28 heavy (non-hydrogen) atoms. The summed E-state index contributed by atoms with van der Waals surface area (Å²) >= 11 is 0. The summed E-state index contributed by atoms with van der Waals surface area (Å²) in [7, 11) is 0. The predicted octanol–water partition coefficient (Wildman–Crippen LogP) is 4.47. The molecule has 0 radical (unpaired) electrons. The average Bonchev–Trinajstić information content (AvgIpc) is 2.71. The van der Waals surface area contributed by atoms with Crippen molar-refractivity contribution in [2.24, 2.45) is 0 Å². The van der Waals surface area contributed by atoms with E-state index < -0.39 is 0 Å². The van der Waals surface area contributed by atoms with Crippen LogP contribution < -0.4 is 15.1 Å². The van der Waals surface area contributed by atoms with E-state index in [1.807, 2.05) is 6.92 Å². The van der Waals surface area contributed by atoms with Crippen LogP contribution in [-0.2, 0) is 0 Å². The van der Waals surface area contributed by atoms with E-state index in [9.17, 15) is 0 Å². The highest BCUT2D eigenvalue weighted by molar-refractivity contribution is 5.64. The number of hydrogen-bond donors (Lipinski definition) is 1. The third kappa shape index (κ3) is 4.09. The van der Waals surface area contributed by atoms with E-state index >= 15 is 0 Å². The Morgan fingerprint density at radius 3 is 2.25 bits per heavy atom. The summed E-state index contributed by atoms with van der Waals surface area (Å²) in [6.07, 6.45) is 0. The zero-order valence-corrected chi connectivity index (χ0v) is 16.8. The van der Waals surface area contributed by atoms with Crippen molar-refractivity contribution in [3.05, 3.63) is 71.5 Å². The third-order valence-electron chi connectivity index (χ3n) is 5.21. The number of aromatic nitrogens is 2. The van der Waals surface area contributed by atoms with Crippen molar-refractivity contribution in [2.45, 2.75) is 20.8 Å². The van der Waals surface area contributed by atoms with Crippen molar-refractivity contribution in [1.29, 1.82) is 0 Å². The number of hydrogen-bond acceptors (Lipinski definition) is 5. The molecule has 0 unspecified atom stereocenters. The summed E-state index contributed by atoms with van der Waals surface area (Å²) in [5, 5.41) is 3.48. The number of anilines is 4. The SMILES string of the molecule is Cc1ccc(C)c(Nc2cc(N3CCN(c4ccccc4)CC3)nc(C)n2)c1. The van der Waals surface area contributed by atoms with Gasteiger partial charge < -0.3 is 15.1 Å². The Balaban J connectivity index is 1.49. The number of para-hydroxylation sites is 1. The van der Waals surface area contributed by atoms with Crippen LogP contribution in [0, 0.1) is 20.8 Å². The van der Waals surface area contributed by atoms with E-state index in [-0.39, 0.29) is 0 Å². The minimum absolute atomic E-state index is 0.788. The first-order chi connectivity index (χ1) is 13.6. The Morgan fingerprint density at radius 1 is 0.786 bits per heavy atom. The van der Waals surface area contributed by atoms with Gasteiger partial charge in [0.15, 0.2) is 0 Å². The summed E-state index contributed by atoms with van der Waals surface area (Å²) in [4.78, 5) is 14.1. The molecular weight excluding hydrogens is 346 g/mol. The van der Waals surface area contributed by atoms with Gasteiger partial charge in [-0.25, -0.2) is 9.97 Å². The second kappa shape index (κ2) is 7.89. The number of nitrogens with one attached hydrogen (secondary N) is 1. The smallest absolute Gasteiger partial charge is 0.136 e. The molecule has 3 aromatic rings. The molecule has 1 fully saturated rings. The van der Waals surface area contributed by atoms with E-state index in [1.165, 1.54) is 16.8 Å². The Bertz CT molecular complexity index is 946. The highest BCUT2D eigenvalue weighted by atomic mass is 15.3. The first-order valence-electron chi connectivity index (χ1n) is 9.83. The molecule has 0 amide bonds. The normalized spacial score (nSPS) is 14.2. The molecule has 1 N–H and O–H groups in total. The Hall–Kier alpha value is -3.08. The summed E-state index contributed by atoms with van der Waals surface area (Å²) in [5.41, 5.74) is 4.83. The van der Waals surface area contributed by atoms with E-state index in [4.69, 9.17) is 4.98 Å². The second-order valence-corrected chi connectivity index (χ2v) is 7.41. The second-order valence-electron chi connectivity index (χ2n) is 7.41. The highest BCUT2D eigenvalue weighted by Gasteiger charge is 2.19. The Labute approximate surface area is 167 Å². The maximum absolute atomic E-state index is 4.69. The minimum atomic E-state index is 0.788. The summed E-state index contributed by atoms with van der Waals surface area (Å²) in [6.45, 7) is 10.1. The Kier molecular flexibility index (Phi) is 5.15. The van der Waals surface area contributed by atoms with Crippen molar-refractivity contribution in [3.8, 4) is 0 Å². The molecule has 0 atom stereocenters. The third-order valence-corrected chi connectivity index (χ3v) is 5.21. The van der Waals surface area contributed by atoms with Crippen molar-refractivity contribution in [1.82, 2.24) is 9.97 Å². The first kappa shape index (κ1) is 18.3. The molecule has 1 aliphatic rings. The topological polar surface area (TPSA) is 44.3 Å². The first-order valence-corrected chi connectivity index (χ1v) is 9.83. The molecule has 1 aromatic heterocycles. The number of benzene rings is 2. The standard InChI is InChI=1S/C23H27N5/c1-17-9-10-18(2)21(15-17)26-22-16-23(25-19(3)24-22)28-13-11-27(12-14-28)20-7-5-4-6-8-20/h4-10,15-16H,11-14H2,1-3H3,(H,24,25,26). The van der Waals surface area contributed by atoms with Gasteiger partial charge in [0.25, 0.3) is 0 Å². The molecule has 0 saturated carbocycles. The lowest BCUT2D eigenvalue weighted by atomic mass is 10.1. The number of aryl methyl sites for hydroxylation is 3. The molecule has 144 valence electrons. The molecule has 2 heterocycles. The van der Waals surface area contributed by atoms with Gasteiger partial charge in [-0.2, -0.15) is 0 Å². The molecule has 4 rings (SSSR count).